The smallest absolute Gasteiger partial charge is 0.0952 e. The van der Waals surface area contributed by atoms with Gasteiger partial charge in [-0.15, -0.1) is 0 Å². The topological polar surface area (TPSA) is 0 Å². The fraction of sp³-hybridized carbons (Fsp3) is 0.474. The Morgan fingerprint density at radius 1 is 1.00 bits per heavy atom. The van der Waals surface area contributed by atoms with Crippen LogP contribution in [0.15, 0.2) is 53.4 Å². The molecule has 0 nitrogen and oxygen atoms in total. The predicted molar refractivity (Wildman–Crippen MR) is 101 cm³/mol. The van der Waals surface area contributed by atoms with Crippen molar-refractivity contribution in [2.24, 2.45) is 5.92 Å². The SMILES string of the molecule is C[Si](C)(C)/C=C1\CCC[C@@H]1/C=C\[Si](C)(C)c1ccccc1. The Bertz CT molecular complexity index is 518. The Kier molecular flexibility index (Phi) is 5.10. The number of rotatable bonds is 4. The standard InChI is InChI=1S/C19H30Si2/c1-20(2,3)16-18-11-9-10-17(18)14-15-21(4,5)19-12-7-6-8-13-19/h6-8,12-17H,9-11H2,1-5H3/b15-14-,18-16+/t17-/m1/s1. The Balaban J connectivity index is 2.15. The van der Waals surface area contributed by atoms with Gasteiger partial charge in [0, 0.05) is 0 Å². The molecule has 1 aromatic carbocycles. The van der Waals surface area contributed by atoms with Crippen molar-refractivity contribution < 1.29 is 0 Å². The summed E-state index contributed by atoms with van der Waals surface area (Å²) >= 11 is 0. The summed E-state index contributed by atoms with van der Waals surface area (Å²) in [6.07, 6.45) is 6.59. The molecule has 1 atom stereocenters. The maximum atomic E-state index is 2.64. The van der Waals surface area contributed by atoms with Crippen molar-refractivity contribution in [3.8, 4) is 0 Å². The molecule has 0 bridgehead atoms. The Labute approximate surface area is 133 Å². The predicted octanol–water partition coefficient (Wildman–Crippen LogP) is 5.30. The van der Waals surface area contributed by atoms with Gasteiger partial charge in [-0.2, -0.15) is 0 Å². The molecule has 1 fully saturated rings. The van der Waals surface area contributed by atoms with Crippen molar-refractivity contribution in [1.82, 2.24) is 0 Å². The molecular formula is C19H30Si2. The van der Waals surface area contributed by atoms with E-state index in [4.69, 9.17) is 0 Å². The minimum atomic E-state index is -1.43. The molecule has 0 saturated heterocycles. The van der Waals surface area contributed by atoms with Crippen LogP contribution >= 0.6 is 0 Å². The number of allylic oxidation sites excluding steroid dienone is 2. The lowest BCUT2D eigenvalue weighted by atomic mass is 10.1. The van der Waals surface area contributed by atoms with Crippen LogP contribution in [0.1, 0.15) is 19.3 Å². The second kappa shape index (κ2) is 6.49. The van der Waals surface area contributed by atoms with Crippen LogP contribution in [-0.2, 0) is 0 Å². The molecule has 0 spiro atoms. The zero-order valence-electron chi connectivity index (χ0n) is 14.3. The van der Waals surface area contributed by atoms with Crippen LogP contribution in [0.5, 0.6) is 0 Å². The van der Waals surface area contributed by atoms with E-state index in [0.717, 1.165) is 0 Å². The zero-order valence-corrected chi connectivity index (χ0v) is 16.3. The minimum absolute atomic E-state index is 0.715. The normalized spacial score (nSPS) is 22.3. The minimum Gasteiger partial charge on any atom is -0.0952 e. The van der Waals surface area contributed by atoms with E-state index in [2.05, 4.69) is 80.5 Å². The van der Waals surface area contributed by atoms with Crippen molar-refractivity contribution in [1.29, 1.82) is 0 Å². The Hall–Kier alpha value is -0.866. The third-order valence-electron chi connectivity index (χ3n) is 4.34. The average Bonchev–Trinajstić information content (AvgIpc) is 2.83. The maximum Gasteiger partial charge on any atom is 0.103 e. The van der Waals surface area contributed by atoms with E-state index < -0.39 is 16.1 Å². The van der Waals surface area contributed by atoms with Gasteiger partial charge in [-0.1, -0.05) is 91.3 Å². The van der Waals surface area contributed by atoms with Crippen LogP contribution in [0, 0.1) is 5.92 Å². The molecule has 1 aliphatic rings. The summed E-state index contributed by atoms with van der Waals surface area (Å²) in [7, 11) is -2.52. The molecule has 1 aromatic rings. The van der Waals surface area contributed by atoms with E-state index in [1.165, 1.54) is 24.4 Å². The molecule has 1 aliphatic carbocycles. The first-order chi connectivity index (χ1) is 9.78. The molecule has 0 N–H and O–H groups in total. The van der Waals surface area contributed by atoms with Gasteiger partial charge in [0.25, 0.3) is 0 Å². The first-order valence-corrected chi connectivity index (χ1v) is 14.9. The lowest BCUT2D eigenvalue weighted by molar-refractivity contribution is 0.766. The third-order valence-corrected chi connectivity index (χ3v) is 8.42. The van der Waals surface area contributed by atoms with Crippen LogP contribution in [0.3, 0.4) is 0 Å². The lowest BCUT2D eigenvalue weighted by Gasteiger charge is -2.20. The molecule has 1 saturated carbocycles. The van der Waals surface area contributed by atoms with Crippen LogP contribution in [-0.4, -0.2) is 16.1 Å². The van der Waals surface area contributed by atoms with Crippen molar-refractivity contribution in [3.05, 3.63) is 53.4 Å². The Morgan fingerprint density at radius 2 is 1.67 bits per heavy atom. The van der Waals surface area contributed by atoms with Crippen LogP contribution in [0.4, 0.5) is 0 Å². The lowest BCUT2D eigenvalue weighted by Crippen LogP contribution is -2.39. The molecule has 0 aromatic heterocycles. The van der Waals surface area contributed by atoms with Gasteiger partial charge in [0.2, 0.25) is 0 Å². The van der Waals surface area contributed by atoms with E-state index in [0.29, 0.717) is 5.92 Å². The first-order valence-electron chi connectivity index (χ1n) is 8.24. The molecular weight excluding hydrogens is 284 g/mol. The number of hydrogen-bond donors (Lipinski definition) is 0. The van der Waals surface area contributed by atoms with Crippen LogP contribution in [0.2, 0.25) is 32.7 Å². The number of benzene rings is 1. The first kappa shape index (κ1) is 16.5. The zero-order chi connectivity index (χ0) is 15.5. The van der Waals surface area contributed by atoms with Crippen LogP contribution < -0.4 is 5.19 Å². The molecule has 0 amide bonds. The highest BCUT2D eigenvalue weighted by molar-refractivity contribution is 6.93. The van der Waals surface area contributed by atoms with E-state index in [1.807, 2.05) is 0 Å². The van der Waals surface area contributed by atoms with Gasteiger partial charge in [-0.3, -0.25) is 0 Å². The molecule has 114 valence electrons. The molecule has 0 heterocycles. The summed E-state index contributed by atoms with van der Waals surface area (Å²) in [4.78, 5) is 0. The Morgan fingerprint density at radius 3 is 2.29 bits per heavy atom. The van der Waals surface area contributed by atoms with E-state index in [1.54, 1.807) is 5.57 Å². The second-order valence-corrected chi connectivity index (χ2v) is 17.4. The van der Waals surface area contributed by atoms with E-state index >= 15 is 0 Å². The summed E-state index contributed by atoms with van der Waals surface area (Å²) in [5.41, 5.74) is 6.94. The highest BCUT2D eigenvalue weighted by Gasteiger charge is 2.24. The summed E-state index contributed by atoms with van der Waals surface area (Å²) in [5, 5.41) is 1.54. The van der Waals surface area contributed by atoms with Gasteiger partial charge >= 0.3 is 0 Å². The quantitative estimate of drug-likeness (QED) is 0.661. The largest absolute Gasteiger partial charge is 0.103 e. The monoisotopic (exact) mass is 314 g/mol. The highest BCUT2D eigenvalue weighted by atomic mass is 28.3. The van der Waals surface area contributed by atoms with Gasteiger partial charge < -0.3 is 0 Å². The summed E-state index contributed by atoms with van der Waals surface area (Å²) in [6, 6.07) is 11.0. The highest BCUT2D eigenvalue weighted by Crippen LogP contribution is 2.33. The van der Waals surface area contributed by atoms with Crippen molar-refractivity contribution in [2.45, 2.75) is 52.0 Å². The second-order valence-electron chi connectivity index (χ2n) is 8.03. The molecule has 2 heteroatoms. The maximum absolute atomic E-state index is 2.64. The molecule has 2 rings (SSSR count). The van der Waals surface area contributed by atoms with E-state index in [9.17, 15) is 0 Å². The van der Waals surface area contributed by atoms with Crippen molar-refractivity contribution >= 4 is 21.3 Å². The summed E-state index contributed by atoms with van der Waals surface area (Å²) in [6.45, 7) is 12.2. The molecule has 21 heavy (non-hydrogen) atoms. The van der Waals surface area contributed by atoms with Crippen molar-refractivity contribution in [2.75, 3.05) is 0 Å². The molecule has 0 radical (unpaired) electrons. The average molecular weight is 315 g/mol. The summed E-state index contributed by atoms with van der Waals surface area (Å²) < 4.78 is 0. The van der Waals surface area contributed by atoms with E-state index in [-0.39, 0.29) is 0 Å². The molecule has 0 aliphatic heterocycles. The fourth-order valence-electron chi connectivity index (χ4n) is 3.17. The molecule has 0 unspecified atom stereocenters. The fourth-order valence-corrected chi connectivity index (χ4v) is 6.60. The van der Waals surface area contributed by atoms with Gasteiger partial charge in [-0.25, -0.2) is 0 Å². The summed E-state index contributed by atoms with van der Waals surface area (Å²) in [5.74, 6) is 0.715. The number of hydrogen-bond acceptors (Lipinski definition) is 0. The van der Waals surface area contributed by atoms with Gasteiger partial charge in [0.15, 0.2) is 0 Å². The third kappa shape index (κ3) is 4.82. The van der Waals surface area contributed by atoms with Crippen molar-refractivity contribution in [3.63, 3.8) is 0 Å². The van der Waals surface area contributed by atoms with Crippen LogP contribution in [0.25, 0.3) is 0 Å². The van der Waals surface area contributed by atoms with Gasteiger partial charge in [0.05, 0.1) is 8.07 Å². The van der Waals surface area contributed by atoms with Gasteiger partial charge in [0.1, 0.15) is 8.07 Å². The van der Waals surface area contributed by atoms with Gasteiger partial charge in [-0.05, 0) is 25.2 Å².